The smallest absolute Gasteiger partial charge is 0.338 e. The Labute approximate surface area is 169 Å². The first-order valence-corrected chi connectivity index (χ1v) is 9.44. The third-order valence-corrected chi connectivity index (χ3v) is 4.27. The number of carbonyl (C=O) groups excluding carboxylic acids is 3. The summed E-state index contributed by atoms with van der Waals surface area (Å²) in [5.41, 5.74) is 0.132. The van der Waals surface area contributed by atoms with Crippen molar-refractivity contribution in [1.29, 1.82) is 0 Å². The Morgan fingerprint density at radius 1 is 1.29 bits per heavy atom. The minimum Gasteiger partial charge on any atom is -0.493 e. The van der Waals surface area contributed by atoms with Crippen molar-refractivity contribution in [2.75, 3.05) is 33.9 Å². The number of esters is 1. The van der Waals surface area contributed by atoms with Crippen LogP contribution in [0.1, 0.15) is 36.5 Å². The number of ether oxygens (including phenoxy) is 3. The molecule has 1 N–H and O–H groups in total. The molecule has 2 rings (SSSR count). The van der Waals surface area contributed by atoms with Crippen LogP contribution in [0.3, 0.4) is 0 Å². The van der Waals surface area contributed by atoms with E-state index >= 15 is 0 Å². The Hall–Kier alpha value is -2.48. The third kappa shape index (κ3) is 6.30. The maximum Gasteiger partial charge on any atom is 0.338 e. The molecule has 0 saturated heterocycles. The zero-order chi connectivity index (χ0) is 20.7. The molecular formula is C19H25ClN2O6. The highest BCUT2D eigenvalue weighted by molar-refractivity contribution is 6.32. The van der Waals surface area contributed by atoms with Crippen LogP contribution in [0.5, 0.6) is 11.5 Å². The van der Waals surface area contributed by atoms with Crippen molar-refractivity contribution in [2.24, 2.45) is 0 Å². The number of likely N-dealkylation sites (N-methyl/N-ethyl adjacent to an activating group) is 1. The summed E-state index contributed by atoms with van der Waals surface area (Å²) in [6, 6.07) is 3.06. The number of halogens is 1. The van der Waals surface area contributed by atoms with Crippen LogP contribution in [0.15, 0.2) is 12.1 Å². The molecule has 28 heavy (non-hydrogen) atoms. The van der Waals surface area contributed by atoms with Gasteiger partial charge in [-0.1, -0.05) is 18.5 Å². The van der Waals surface area contributed by atoms with Crippen LogP contribution >= 0.6 is 11.6 Å². The summed E-state index contributed by atoms with van der Waals surface area (Å²) in [4.78, 5) is 37.3. The molecular weight excluding hydrogens is 388 g/mol. The summed E-state index contributed by atoms with van der Waals surface area (Å²) in [5.74, 6) is -0.802. The Kier molecular flexibility index (Phi) is 7.92. The molecule has 0 bridgehead atoms. The molecule has 1 fully saturated rings. The van der Waals surface area contributed by atoms with Gasteiger partial charge in [0.05, 0.1) is 30.8 Å². The van der Waals surface area contributed by atoms with Crippen LogP contribution in [0.2, 0.25) is 5.02 Å². The number of methoxy groups -OCH3 is 1. The van der Waals surface area contributed by atoms with E-state index in [1.807, 2.05) is 6.92 Å². The predicted molar refractivity (Wildman–Crippen MR) is 103 cm³/mol. The molecule has 1 aromatic rings. The maximum atomic E-state index is 12.3. The zero-order valence-electron chi connectivity index (χ0n) is 16.2. The van der Waals surface area contributed by atoms with Crippen LogP contribution in [0.25, 0.3) is 0 Å². The van der Waals surface area contributed by atoms with Crippen LogP contribution < -0.4 is 14.8 Å². The molecule has 0 heterocycles. The van der Waals surface area contributed by atoms with Gasteiger partial charge in [-0.15, -0.1) is 0 Å². The number of hydrogen-bond donors (Lipinski definition) is 1. The highest BCUT2D eigenvalue weighted by Crippen LogP contribution is 2.36. The molecule has 154 valence electrons. The average Bonchev–Trinajstić information content (AvgIpc) is 3.47. The molecule has 0 aromatic heterocycles. The molecule has 2 amide bonds. The summed E-state index contributed by atoms with van der Waals surface area (Å²) in [6.07, 6.45) is 2.72. The lowest BCUT2D eigenvalue weighted by molar-refractivity contribution is -0.137. The van der Waals surface area contributed by atoms with Gasteiger partial charge in [0.1, 0.15) is 0 Å². The molecule has 0 radical (unpaired) electrons. The topological polar surface area (TPSA) is 94.2 Å². The fraction of sp³-hybridized carbons (Fsp3) is 0.526. The first-order valence-electron chi connectivity index (χ1n) is 9.06. The lowest BCUT2D eigenvalue weighted by atomic mass is 10.2. The number of benzene rings is 1. The first kappa shape index (κ1) is 21.8. The van der Waals surface area contributed by atoms with E-state index in [2.05, 4.69) is 5.32 Å². The normalized spacial score (nSPS) is 12.9. The van der Waals surface area contributed by atoms with Gasteiger partial charge in [-0.25, -0.2) is 4.79 Å². The largest absolute Gasteiger partial charge is 0.493 e. The number of carbonyl (C=O) groups is 3. The van der Waals surface area contributed by atoms with E-state index in [4.69, 9.17) is 25.8 Å². The first-order chi connectivity index (χ1) is 13.3. The molecule has 0 aliphatic heterocycles. The molecule has 8 nitrogen and oxygen atoms in total. The lowest BCUT2D eigenvalue weighted by Gasteiger charge is -2.17. The van der Waals surface area contributed by atoms with Crippen molar-refractivity contribution >= 4 is 29.4 Å². The van der Waals surface area contributed by atoms with E-state index in [9.17, 15) is 14.4 Å². The van der Waals surface area contributed by atoms with E-state index in [0.29, 0.717) is 18.1 Å². The Morgan fingerprint density at radius 3 is 2.61 bits per heavy atom. The van der Waals surface area contributed by atoms with Gasteiger partial charge >= 0.3 is 5.97 Å². The van der Waals surface area contributed by atoms with Crippen molar-refractivity contribution in [3.63, 3.8) is 0 Å². The Balaban J connectivity index is 1.91. The molecule has 1 aliphatic rings. The molecule has 1 saturated carbocycles. The van der Waals surface area contributed by atoms with Gasteiger partial charge in [0.25, 0.3) is 5.91 Å². The highest BCUT2D eigenvalue weighted by atomic mass is 35.5. The van der Waals surface area contributed by atoms with Crippen molar-refractivity contribution in [3.05, 3.63) is 22.7 Å². The van der Waals surface area contributed by atoms with E-state index < -0.39 is 18.5 Å². The second kappa shape index (κ2) is 10.2. The maximum absolute atomic E-state index is 12.3. The third-order valence-electron chi connectivity index (χ3n) is 3.99. The number of nitrogens with zero attached hydrogens (tertiary/aromatic N) is 1. The molecule has 0 unspecified atom stereocenters. The van der Waals surface area contributed by atoms with Crippen molar-refractivity contribution in [3.8, 4) is 11.5 Å². The van der Waals surface area contributed by atoms with Crippen LogP contribution in [0, 0.1) is 0 Å². The highest BCUT2D eigenvalue weighted by Gasteiger charge is 2.24. The summed E-state index contributed by atoms with van der Waals surface area (Å²) in [6.45, 7) is 1.83. The fourth-order valence-corrected chi connectivity index (χ4v) is 2.57. The van der Waals surface area contributed by atoms with E-state index in [-0.39, 0.29) is 29.1 Å². The summed E-state index contributed by atoms with van der Waals surface area (Å²) in [5, 5.41) is 3.00. The minimum atomic E-state index is -0.730. The van der Waals surface area contributed by atoms with E-state index in [1.54, 1.807) is 0 Å². The van der Waals surface area contributed by atoms with Gasteiger partial charge in [-0.05, 0) is 31.4 Å². The van der Waals surface area contributed by atoms with E-state index in [0.717, 1.165) is 19.3 Å². The number of rotatable bonds is 10. The molecule has 9 heteroatoms. The lowest BCUT2D eigenvalue weighted by Crippen LogP contribution is -2.40. The fourth-order valence-electron chi connectivity index (χ4n) is 2.31. The van der Waals surface area contributed by atoms with Gasteiger partial charge in [0, 0.05) is 13.1 Å². The van der Waals surface area contributed by atoms with Crippen molar-refractivity contribution in [2.45, 2.75) is 32.2 Å². The number of nitrogens with one attached hydrogen (secondary N) is 1. The zero-order valence-corrected chi connectivity index (χ0v) is 17.0. The number of amides is 2. The molecule has 0 spiro atoms. The Bertz CT molecular complexity index is 735. The van der Waals surface area contributed by atoms with Gasteiger partial charge in [0.2, 0.25) is 5.91 Å². The van der Waals surface area contributed by atoms with Gasteiger partial charge < -0.3 is 24.4 Å². The Morgan fingerprint density at radius 2 is 2.00 bits per heavy atom. The number of hydrogen-bond acceptors (Lipinski definition) is 6. The molecule has 1 aliphatic carbocycles. The summed E-state index contributed by atoms with van der Waals surface area (Å²) in [7, 11) is 2.91. The minimum absolute atomic E-state index is 0.0873. The van der Waals surface area contributed by atoms with Gasteiger partial charge in [-0.2, -0.15) is 0 Å². The predicted octanol–water partition coefficient (Wildman–Crippen LogP) is 2.03. The quantitative estimate of drug-likeness (QED) is 0.591. The average molecular weight is 413 g/mol. The van der Waals surface area contributed by atoms with Crippen LogP contribution in [0.4, 0.5) is 0 Å². The monoisotopic (exact) mass is 412 g/mol. The van der Waals surface area contributed by atoms with E-state index in [1.165, 1.54) is 31.2 Å². The second-order valence-corrected chi connectivity index (χ2v) is 6.91. The molecule has 0 atom stereocenters. The SMILES string of the molecule is CCCOc1c(Cl)cc(C(=O)OCC(=O)N(C)CC(=O)NC2CC2)cc1OC. The van der Waals surface area contributed by atoms with Gasteiger partial charge in [-0.3, -0.25) is 9.59 Å². The second-order valence-electron chi connectivity index (χ2n) is 6.51. The summed E-state index contributed by atoms with van der Waals surface area (Å²) < 4.78 is 15.8. The van der Waals surface area contributed by atoms with Gasteiger partial charge in [0.15, 0.2) is 18.1 Å². The van der Waals surface area contributed by atoms with Crippen molar-refractivity contribution < 1.29 is 28.6 Å². The van der Waals surface area contributed by atoms with Crippen molar-refractivity contribution in [1.82, 2.24) is 10.2 Å². The van der Waals surface area contributed by atoms with Crippen LogP contribution in [-0.2, 0) is 14.3 Å². The summed E-state index contributed by atoms with van der Waals surface area (Å²) >= 11 is 6.18. The van der Waals surface area contributed by atoms with Crippen LogP contribution in [-0.4, -0.2) is 62.6 Å². The standard InChI is InChI=1S/C19H25ClN2O6/c1-4-7-27-18-14(20)8-12(9-15(18)26-3)19(25)28-11-17(24)22(2)10-16(23)21-13-5-6-13/h8-9,13H,4-7,10-11H2,1-3H3,(H,21,23). The molecule has 1 aromatic carbocycles.